The molecule has 4 heteroatoms. The Morgan fingerprint density at radius 3 is 2.75 bits per heavy atom. The highest BCUT2D eigenvalue weighted by molar-refractivity contribution is 7.14. The van der Waals surface area contributed by atoms with Gasteiger partial charge in [0.15, 0.2) is 0 Å². The van der Waals surface area contributed by atoms with Crippen molar-refractivity contribution in [1.29, 1.82) is 0 Å². The Bertz CT molecular complexity index is 601. The monoisotopic (exact) mass is 286 g/mol. The lowest BCUT2D eigenvalue weighted by atomic mass is 10.1. The normalized spacial score (nSPS) is 18.5. The van der Waals surface area contributed by atoms with Crippen molar-refractivity contribution >= 4 is 17.2 Å². The number of nitrogens with zero attached hydrogens (tertiary/aromatic N) is 2. The zero-order chi connectivity index (χ0) is 14.1. The molecule has 1 fully saturated rings. The third kappa shape index (κ3) is 2.36. The summed E-state index contributed by atoms with van der Waals surface area (Å²) in [6.07, 6.45) is 5.71. The predicted molar refractivity (Wildman–Crippen MR) is 81.0 cm³/mol. The number of thiophene rings is 1. The number of rotatable bonds is 2. The van der Waals surface area contributed by atoms with Crippen LogP contribution in [0.25, 0.3) is 0 Å². The molecule has 104 valence electrons. The van der Waals surface area contributed by atoms with E-state index in [4.69, 9.17) is 0 Å². The van der Waals surface area contributed by atoms with Crippen LogP contribution in [0.4, 0.5) is 0 Å². The average Bonchev–Trinajstić information content (AvgIpc) is 3.07. The topological polar surface area (TPSA) is 33.2 Å². The molecule has 2 aromatic rings. The molecule has 0 aliphatic carbocycles. The summed E-state index contributed by atoms with van der Waals surface area (Å²) in [5, 5.41) is 0. The molecule has 0 saturated carbocycles. The van der Waals surface area contributed by atoms with Gasteiger partial charge in [-0.05, 0) is 56.0 Å². The van der Waals surface area contributed by atoms with E-state index >= 15 is 0 Å². The Morgan fingerprint density at radius 1 is 1.35 bits per heavy atom. The van der Waals surface area contributed by atoms with Gasteiger partial charge in [-0.15, -0.1) is 11.3 Å². The van der Waals surface area contributed by atoms with Crippen LogP contribution in [0.3, 0.4) is 0 Å². The van der Waals surface area contributed by atoms with Crippen molar-refractivity contribution in [3.63, 3.8) is 0 Å². The molecule has 2 aromatic heterocycles. The lowest BCUT2D eigenvalue weighted by Gasteiger charge is -2.24. The molecule has 1 unspecified atom stereocenters. The quantitative estimate of drug-likeness (QED) is 0.842. The van der Waals surface area contributed by atoms with E-state index in [0.29, 0.717) is 0 Å². The maximum Gasteiger partial charge on any atom is 0.264 e. The standard InChI is InChI=1S/C16H18N2OS/c1-11-10-15(20-12(11)2)16(19)18-9-3-4-14(18)13-5-7-17-8-6-13/h5-8,10,14H,3-4,9H2,1-2H3. The van der Waals surface area contributed by atoms with E-state index in [9.17, 15) is 4.79 Å². The number of aryl methyl sites for hydroxylation is 2. The van der Waals surface area contributed by atoms with Crippen LogP contribution in [0.2, 0.25) is 0 Å². The van der Waals surface area contributed by atoms with Crippen LogP contribution in [-0.4, -0.2) is 22.3 Å². The minimum atomic E-state index is 0.172. The highest BCUT2D eigenvalue weighted by Gasteiger charge is 2.31. The molecule has 3 heterocycles. The number of aromatic nitrogens is 1. The molecule has 1 saturated heterocycles. The van der Waals surface area contributed by atoms with Crippen molar-refractivity contribution in [2.45, 2.75) is 32.7 Å². The van der Waals surface area contributed by atoms with Crippen LogP contribution in [-0.2, 0) is 0 Å². The summed E-state index contributed by atoms with van der Waals surface area (Å²) in [7, 11) is 0. The summed E-state index contributed by atoms with van der Waals surface area (Å²) < 4.78 is 0. The van der Waals surface area contributed by atoms with Crippen LogP contribution >= 0.6 is 11.3 Å². The molecule has 1 aliphatic heterocycles. The van der Waals surface area contributed by atoms with Crippen LogP contribution in [0.5, 0.6) is 0 Å². The molecular weight excluding hydrogens is 268 g/mol. The summed E-state index contributed by atoms with van der Waals surface area (Å²) >= 11 is 1.60. The van der Waals surface area contributed by atoms with E-state index in [0.717, 1.165) is 24.3 Å². The van der Waals surface area contributed by atoms with Gasteiger partial charge in [-0.25, -0.2) is 0 Å². The molecule has 3 rings (SSSR count). The number of carbonyl (C=O) groups excluding carboxylic acids is 1. The van der Waals surface area contributed by atoms with Gasteiger partial charge in [-0.2, -0.15) is 0 Å². The fraction of sp³-hybridized carbons (Fsp3) is 0.375. The van der Waals surface area contributed by atoms with Gasteiger partial charge in [-0.3, -0.25) is 9.78 Å². The van der Waals surface area contributed by atoms with E-state index < -0.39 is 0 Å². The fourth-order valence-electron chi connectivity index (χ4n) is 2.76. The van der Waals surface area contributed by atoms with Crippen molar-refractivity contribution in [3.05, 3.63) is 51.5 Å². The third-order valence-corrected chi connectivity index (χ3v) is 5.12. The molecule has 3 nitrogen and oxygen atoms in total. The maximum atomic E-state index is 12.7. The first-order valence-electron chi connectivity index (χ1n) is 6.95. The first kappa shape index (κ1) is 13.3. The molecule has 0 spiro atoms. The summed E-state index contributed by atoms with van der Waals surface area (Å²) in [5.74, 6) is 0.172. The van der Waals surface area contributed by atoms with Gasteiger partial charge in [0.2, 0.25) is 0 Å². The molecule has 0 radical (unpaired) electrons. The van der Waals surface area contributed by atoms with Crippen LogP contribution in [0.1, 0.15) is 44.6 Å². The molecule has 0 aromatic carbocycles. The first-order chi connectivity index (χ1) is 9.66. The lowest BCUT2D eigenvalue weighted by Crippen LogP contribution is -2.29. The number of amides is 1. The summed E-state index contributed by atoms with van der Waals surface area (Å²) in [6.45, 7) is 4.98. The van der Waals surface area contributed by atoms with Gasteiger partial charge in [0.25, 0.3) is 5.91 Å². The Morgan fingerprint density at radius 2 is 2.10 bits per heavy atom. The van der Waals surface area contributed by atoms with Gasteiger partial charge in [-0.1, -0.05) is 0 Å². The highest BCUT2D eigenvalue weighted by atomic mass is 32.1. The highest BCUT2D eigenvalue weighted by Crippen LogP contribution is 2.34. The first-order valence-corrected chi connectivity index (χ1v) is 7.76. The second kappa shape index (κ2) is 5.37. The van der Waals surface area contributed by atoms with E-state index in [1.54, 1.807) is 23.7 Å². The molecule has 0 N–H and O–H groups in total. The second-order valence-electron chi connectivity index (χ2n) is 5.29. The van der Waals surface area contributed by atoms with E-state index in [1.165, 1.54) is 16.0 Å². The average molecular weight is 286 g/mol. The largest absolute Gasteiger partial charge is 0.331 e. The molecule has 1 amide bonds. The molecule has 20 heavy (non-hydrogen) atoms. The van der Waals surface area contributed by atoms with Gasteiger partial charge < -0.3 is 4.90 Å². The number of hydrogen-bond donors (Lipinski definition) is 0. The second-order valence-corrected chi connectivity index (χ2v) is 6.54. The zero-order valence-corrected chi connectivity index (χ0v) is 12.6. The third-order valence-electron chi connectivity index (χ3n) is 3.98. The fourth-order valence-corrected chi connectivity index (χ4v) is 3.75. The Hall–Kier alpha value is -1.68. The summed E-state index contributed by atoms with van der Waals surface area (Å²) in [4.78, 5) is 20.9. The maximum absolute atomic E-state index is 12.7. The van der Waals surface area contributed by atoms with Crippen molar-refractivity contribution in [2.75, 3.05) is 6.54 Å². The predicted octanol–water partition coefficient (Wildman–Crippen LogP) is 3.74. The zero-order valence-electron chi connectivity index (χ0n) is 11.8. The Labute approximate surface area is 123 Å². The van der Waals surface area contributed by atoms with Crippen molar-refractivity contribution in [1.82, 2.24) is 9.88 Å². The lowest BCUT2D eigenvalue weighted by molar-refractivity contribution is 0.0740. The van der Waals surface area contributed by atoms with Gasteiger partial charge in [0.1, 0.15) is 0 Å². The van der Waals surface area contributed by atoms with E-state index in [2.05, 4.69) is 18.8 Å². The van der Waals surface area contributed by atoms with Crippen LogP contribution in [0, 0.1) is 13.8 Å². The SMILES string of the molecule is Cc1cc(C(=O)N2CCCC2c2ccncc2)sc1C. The molecule has 1 aliphatic rings. The van der Waals surface area contributed by atoms with Gasteiger partial charge in [0.05, 0.1) is 10.9 Å². The van der Waals surface area contributed by atoms with Gasteiger partial charge >= 0.3 is 0 Å². The minimum Gasteiger partial charge on any atom is -0.331 e. The van der Waals surface area contributed by atoms with Crippen molar-refractivity contribution in [2.24, 2.45) is 0 Å². The van der Waals surface area contributed by atoms with E-state index in [-0.39, 0.29) is 11.9 Å². The Kier molecular flexibility index (Phi) is 3.57. The number of hydrogen-bond acceptors (Lipinski definition) is 3. The smallest absolute Gasteiger partial charge is 0.264 e. The minimum absolute atomic E-state index is 0.172. The number of likely N-dealkylation sites (tertiary alicyclic amines) is 1. The van der Waals surface area contributed by atoms with E-state index in [1.807, 2.05) is 23.1 Å². The molecular formula is C16H18N2OS. The van der Waals surface area contributed by atoms with Crippen LogP contribution in [0.15, 0.2) is 30.6 Å². The van der Waals surface area contributed by atoms with Crippen LogP contribution < -0.4 is 0 Å². The molecule has 1 atom stereocenters. The summed E-state index contributed by atoms with van der Waals surface area (Å²) in [5.41, 5.74) is 2.40. The molecule has 0 bridgehead atoms. The van der Waals surface area contributed by atoms with Crippen molar-refractivity contribution in [3.8, 4) is 0 Å². The Balaban J connectivity index is 1.87. The number of pyridine rings is 1. The number of carbonyl (C=O) groups is 1. The van der Waals surface area contributed by atoms with Gasteiger partial charge in [0, 0.05) is 23.8 Å². The van der Waals surface area contributed by atoms with Crippen molar-refractivity contribution < 1.29 is 4.79 Å². The summed E-state index contributed by atoms with van der Waals surface area (Å²) in [6, 6.07) is 6.25.